The van der Waals surface area contributed by atoms with Gasteiger partial charge in [-0.1, -0.05) is 0 Å². The number of fused-ring (bicyclic) bond motifs is 1. The molecule has 0 radical (unpaired) electrons. The molecule has 2 heterocycles. The van der Waals surface area contributed by atoms with Crippen LogP contribution in [0.1, 0.15) is 16.1 Å². The number of halogens is 1. The summed E-state index contributed by atoms with van der Waals surface area (Å²) >= 11 is 0. The summed E-state index contributed by atoms with van der Waals surface area (Å²) in [6.45, 7) is 1.86. The molecule has 4 aromatic rings. The number of nitrogens with zero attached hydrogens (tertiary/aromatic N) is 3. The van der Waals surface area contributed by atoms with Crippen LogP contribution in [0.3, 0.4) is 0 Å². The lowest BCUT2D eigenvalue weighted by Gasteiger charge is -2.09. The highest BCUT2D eigenvalue weighted by Crippen LogP contribution is 2.21. The van der Waals surface area contributed by atoms with Crippen molar-refractivity contribution in [2.75, 3.05) is 10.0 Å². The summed E-state index contributed by atoms with van der Waals surface area (Å²) in [5.74, 6) is -0.871. The number of carbonyl (C=O) groups excluding carboxylic acids is 1. The van der Waals surface area contributed by atoms with E-state index in [-0.39, 0.29) is 16.1 Å². The molecule has 4 rings (SSSR count). The number of hydrogen-bond donors (Lipinski definition) is 2. The van der Waals surface area contributed by atoms with Crippen LogP contribution in [0.25, 0.3) is 11.0 Å². The third-order valence-electron chi connectivity index (χ3n) is 4.64. The van der Waals surface area contributed by atoms with Crippen molar-refractivity contribution < 1.29 is 17.6 Å². The molecule has 2 aromatic carbocycles. The lowest BCUT2D eigenvalue weighted by molar-refractivity contribution is 0.102. The molecule has 0 fully saturated rings. The smallest absolute Gasteiger partial charge is 0.261 e. The van der Waals surface area contributed by atoms with Crippen LogP contribution in [-0.4, -0.2) is 29.1 Å². The van der Waals surface area contributed by atoms with E-state index in [1.165, 1.54) is 42.6 Å². The molecular weight excluding hydrogens is 421 g/mol. The average molecular weight is 439 g/mol. The summed E-state index contributed by atoms with van der Waals surface area (Å²) in [5, 5.41) is 7.87. The molecule has 0 atom stereocenters. The second-order valence-corrected chi connectivity index (χ2v) is 8.58. The summed E-state index contributed by atoms with van der Waals surface area (Å²) in [6.07, 6.45) is 1.53. The van der Waals surface area contributed by atoms with E-state index >= 15 is 0 Å². The van der Waals surface area contributed by atoms with Gasteiger partial charge in [0.2, 0.25) is 0 Å². The molecular formula is C21H18FN5O3S. The van der Waals surface area contributed by atoms with Gasteiger partial charge in [-0.15, -0.1) is 0 Å². The minimum Gasteiger partial charge on any atom is -0.321 e. The Morgan fingerprint density at radius 3 is 2.39 bits per heavy atom. The maximum atomic E-state index is 13.0. The molecule has 10 heteroatoms. The van der Waals surface area contributed by atoms with Crippen LogP contribution in [0.2, 0.25) is 0 Å². The number of benzene rings is 2. The van der Waals surface area contributed by atoms with Gasteiger partial charge in [-0.25, -0.2) is 17.8 Å². The van der Waals surface area contributed by atoms with Crippen LogP contribution < -0.4 is 10.0 Å². The van der Waals surface area contributed by atoms with Gasteiger partial charge in [0.05, 0.1) is 22.5 Å². The minimum atomic E-state index is -3.88. The standard InChI is InChI=1S/C21H18FN5O3S/c1-13-19-11-17(12-23-20(19)27(2)25-13)24-21(28)14-3-9-18(10-4-14)31(29,30)26-16-7-5-15(22)6-8-16/h3-12,26H,1-2H3,(H,24,28). The molecule has 0 saturated carbocycles. The van der Waals surface area contributed by atoms with Crippen molar-refractivity contribution in [1.29, 1.82) is 0 Å². The largest absolute Gasteiger partial charge is 0.321 e. The monoisotopic (exact) mass is 439 g/mol. The van der Waals surface area contributed by atoms with E-state index in [1.54, 1.807) is 17.8 Å². The van der Waals surface area contributed by atoms with Crippen LogP contribution in [-0.2, 0) is 17.1 Å². The highest BCUT2D eigenvalue weighted by Gasteiger charge is 2.16. The Balaban J connectivity index is 1.50. The molecule has 0 spiro atoms. The van der Waals surface area contributed by atoms with Crippen molar-refractivity contribution in [3.8, 4) is 0 Å². The number of carbonyl (C=O) groups is 1. The predicted octanol–water partition coefficient (Wildman–Crippen LogP) is 3.47. The molecule has 0 bridgehead atoms. The molecule has 0 unspecified atom stereocenters. The lowest BCUT2D eigenvalue weighted by Crippen LogP contribution is -2.15. The second-order valence-electron chi connectivity index (χ2n) is 6.90. The molecule has 8 nitrogen and oxygen atoms in total. The molecule has 0 aliphatic carbocycles. The Bertz CT molecular complexity index is 1380. The van der Waals surface area contributed by atoms with Crippen molar-refractivity contribution in [2.45, 2.75) is 11.8 Å². The maximum Gasteiger partial charge on any atom is 0.261 e. The number of rotatable bonds is 5. The molecule has 2 aromatic heterocycles. The summed E-state index contributed by atoms with van der Waals surface area (Å²) < 4.78 is 42.0. The van der Waals surface area contributed by atoms with Crippen LogP contribution in [0.4, 0.5) is 15.8 Å². The number of hydrogen-bond acceptors (Lipinski definition) is 5. The molecule has 2 N–H and O–H groups in total. The Labute approximate surface area is 177 Å². The zero-order valence-electron chi connectivity index (χ0n) is 16.6. The number of pyridine rings is 1. The van der Waals surface area contributed by atoms with Gasteiger partial charge >= 0.3 is 0 Å². The van der Waals surface area contributed by atoms with Crippen molar-refractivity contribution in [3.05, 3.63) is 77.9 Å². The van der Waals surface area contributed by atoms with Gasteiger partial charge in [0, 0.05) is 23.7 Å². The van der Waals surface area contributed by atoms with Gasteiger partial charge in [-0.05, 0) is 61.5 Å². The quantitative estimate of drug-likeness (QED) is 0.495. The first kappa shape index (κ1) is 20.5. The van der Waals surface area contributed by atoms with Crippen molar-refractivity contribution in [2.24, 2.45) is 7.05 Å². The number of anilines is 2. The Hall–Kier alpha value is -3.79. The number of sulfonamides is 1. The minimum absolute atomic E-state index is 0.0255. The van der Waals surface area contributed by atoms with E-state index in [0.29, 0.717) is 11.3 Å². The van der Waals surface area contributed by atoms with E-state index in [1.807, 2.05) is 6.92 Å². The average Bonchev–Trinajstić information content (AvgIpc) is 3.03. The number of amides is 1. The molecule has 158 valence electrons. The van der Waals surface area contributed by atoms with Gasteiger partial charge in [-0.2, -0.15) is 5.10 Å². The Kier molecular flexibility index (Phi) is 5.15. The van der Waals surface area contributed by atoms with Crippen LogP contribution in [0.5, 0.6) is 0 Å². The molecule has 0 aliphatic heterocycles. The topological polar surface area (TPSA) is 106 Å². The fourth-order valence-electron chi connectivity index (χ4n) is 3.10. The fraction of sp³-hybridized carbons (Fsp3) is 0.0952. The lowest BCUT2D eigenvalue weighted by atomic mass is 10.2. The number of aromatic nitrogens is 3. The van der Waals surface area contributed by atoms with E-state index in [0.717, 1.165) is 23.2 Å². The number of nitrogens with one attached hydrogen (secondary N) is 2. The van der Waals surface area contributed by atoms with E-state index in [2.05, 4.69) is 20.1 Å². The van der Waals surface area contributed by atoms with E-state index in [4.69, 9.17) is 0 Å². The van der Waals surface area contributed by atoms with Crippen molar-refractivity contribution >= 4 is 38.3 Å². The van der Waals surface area contributed by atoms with Gasteiger partial charge < -0.3 is 5.32 Å². The highest BCUT2D eigenvalue weighted by atomic mass is 32.2. The molecule has 1 amide bonds. The Morgan fingerprint density at radius 2 is 1.71 bits per heavy atom. The third-order valence-corrected chi connectivity index (χ3v) is 6.04. The predicted molar refractivity (Wildman–Crippen MR) is 115 cm³/mol. The van der Waals surface area contributed by atoms with Crippen LogP contribution in [0, 0.1) is 12.7 Å². The summed E-state index contributed by atoms with van der Waals surface area (Å²) in [7, 11) is -2.08. The molecule has 31 heavy (non-hydrogen) atoms. The van der Waals surface area contributed by atoms with Gasteiger partial charge in [0.25, 0.3) is 15.9 Å². The Morgan fingerprint density at radius 1 is 1.03 bits per heavy atom. The summed E-state index contributed by atoms with van der Waals surface area (Å²) in [5.41, 5.74) is 2.52. The van der Waals surface area contributed by atoms with Gasteiger partial charge in [0.15, 0.2) is 5.65 Å². The van der Waals surface area contributed by atoms with Crippen molar-refractivity contribution in [3.63, 3.8) is 0 Å². The maximum absolute atomic E-state index is 13.0. The SMILES string of the molecule is Cc1nn(C)c2ncc(NC(=O)c3ccc(S(=O)(=O)Nc4ccc(F)cc4)cc3)cc12. The van der Waals surface area contributed by atoms with Crippen LogP contribution >= 0.6 is 0 Å². The third kappa shape index (κ3) is 4.24. The van der Waals surface area contributed by atoms with E-state index in [9.17, 15) is 17.6 Å². The zero-order valence-corrected chi connectivity index (χ0v) is 17.4. The first-order chi connectivity index (χ1) is 14.7. The van der Waals surface area contributed by atoms with E-state index < -0.39 is 21.7 Å². The van der Waals surface area contributed by atoms with Gasteiger partial charge in [-0.3, -0.25) is 14.2 Å². The fourth-order valence-corrected chi connectivity index (χ4v) is 4.16. The molecule has 0 aliphatic rings. The summed E-state index contributed by atoms with van der Waals surface area (Å²) in [4.78, 5) is 16.9. The first-order valence-electron chi connectivity index (χ1n) is 9.22. The molecule has 0 saturated heterocycles. The van der Waals surface area contributed by atoms with Crippen LogP contribution in [0.15, 0.2) is 65.7 Å². The van der Waals surface area contributed by atoms with Crippen molar-refractivity contribution in [1.82, 2.24) is 14.8 Å². The highest BCUT2D eigenvalue weighted by molar-refractivity contribution is 7.92. The number of aryl methyl sites for hydroxylation is 2. The normalized spacial score (nSPS) is 11.5. The first-order valence-corrected chi connectivity index (χ1v) is 10.7. The zero-order chi connectivity index (χ0) is 22.2. The second kappa shape index (κ2) is 7.80. The van der Waals surface area contributed by atoms with Gasteiger partial charge in [0.1, 0.15) is 5.82 Å². The summed E-state index contributed by atoms with van der Waals surface area (Å²) in [6, 6.07) is 12.2.